The molecule has 2 N–H and O–H groups in total. The first kappa shape index (κ1) is 21.3. The minimum atomic E-state index is -3.80. The molecule has 1 saturated heterocycles. The molecule has 1 aromatic carbocycles. The van der Waals surface area contributed by atoms with Gasteiger partial charge in [0.25, 0.3) is 0 Å². The molecule has 2 amide bonds. The molecule has 0 radical (unpaired) electrons. The van der Waals surface area contributed by atoms with Crippen LogP contribution in [-0.4, -0.2) is 56.5 Å². The first-order chi connectivity index (χ1) is 12.6. The van der Waals surface area contributed by atoms with E-state index >= 15 is 0 Å². The molecule has 27 heavy (non-hydrogen) atoms. The van der Waals surface area contributed by atoms with Crippen molar-refractivity contribution in [2.75, 3.05) is 19.7 Å². The van der Waals surface area contributed by atoms with Crippen LogP contribution < -0.4 is 10.6 Å². The largest absolute Gasteiger partial charge is 0.360 e. The maximum absolute atomic E-state index is 13.1. The van der Waals surface area contributed by atoms with Gasteiger partial charge in [-0.1, -0.05) is 12.1 Å². The zero-order chi connectivity index (χ0) is 20.2. The van der Waals surface area contributed by atoms with Crippen molar-refractivity contribution in [3.63, 3.8) is 0 Å². The second-order valence-corrected chi connectivity index (χ2v) is 8.76. The third-order valence-corrected chi connectivity index (χ3v) is 6.18. The van der Waals surface area contributed by atoms with Crippen LogP contribution in [0.3, 0.4) is 0 Å². The normalized spacial score (nSPS) is 18.3. The Morgan fingerprint density at radius 3 is 2.63 bits per heavy atom. The monoisotopic (exact) mass is 397 g/mol. The average Bonchev–Trinajstić information content (AvgIpc) is 2.61. The third kappa shape index (κ3) is 5.27. The summed E-state index contributed by atoms with van der Waals surface area (Å²) in [5, 5.41) is 4.94. The van der Waals surface area contributed by atoms with Gasteiger partial charge in [0.2, 0.25) is 10.0 Å². The van der Waals surface area contributed by atoms with Crippen LogP contribution in [0, 0.1) is 13.8 Å². The Hall–Kier alpha value is -1.97. The zero-order valence-corrected chi connectivity index (χ0v) is 16.9. The summed E-state index contributed by atoms with van der Waals surface area (Å²) in [5.41, 5.74) is 1.48. The molecule has 1 atom stereocenters. The van der Waals surface area contributed by atoms with E-state index in [4.69, 9.17) is 4.74 Å². The number of carbonyl (C=O) groups excluding carboxylic acids is 2. The Bertz CT molecular complexity index is 807. The van der Waals surface area contributed by atoms with Gasteiger partial charge in [-0.15, -0.1) is 0 Å². The summed E-state index contributed by atoms with van der Waals surface area (Å²) in [7, 11) is -3.80. The Kier molecular flexibility index (Phi) is 6.96. The summed E-state index contributed by atoms with van der Waals surface area (Å²) in [6, 6.07) is 5.08. The van der Waals surface area contributed by atoms with Gasteiger partial charge in [-0.25, -0.2) is 8.42 Å². The summed E-state index contributed by atoms with van der Waals surface area (Å²) in [5.74, 6) is -1.58. The summed E-state index contributed by atoms with van der Waals surface area (Å²) in [6.07, 6.45) is -0.304. The maximum Gasteiger partial charge on any atom is 0.309 e. The van der Waals surface area contributed by atoms with E-state index < -0.39 is 28.1 Å². The summed E-state index contributed by atoms with van der Waals surface area (Å²) >= 11 is 0. The number of rotatable bonds is 5. The number of carbonyl (C=O) groups is 2. The van der Waals surface area contributed by atoms with Crippen molar-refractivity contribution < 1.29 is 22.7 Å². The molecule has 2 rings (SSSR count). The van der Waals surface area contributed by atoms with Gasteiger partial charge in [0.05, 0.1) is 18.0 Å². The molecule has 0 aromatic heterocycles. The van der Waals surface area contributed by atoms with E-state index in [1.165, 1.54) is 4.31 Å². The Morgan fingerprint density at radius 1 is 1.26 bits per heavy atom. The second kappa shape index (κ2) is 8.81. The average molecular weight is 397 g/mol. The predicted octanol–water partition coefficient (Wildman–Crippen LogP) is 0.681. The second-order valence-electron chi connectivity index (χ2n) is 6.90. The number of nitrogens with one attached hydrogen (secondary N) is 2. The topological polar surface area (TPSA) is 105 Å². The molecule has 1 aliphatic heterocycles. The highest BCUT2D eigenvalue weighted by atomic mass is 32.2. The van der Waals surface area contributed by atoms with Crippen molar-refractivity contribution >= 4 is 21.8 Å². The summed E-state index contributed by atoms with van der Waals surface area (Å²) in [4.78, 5) is 23.8. The van der Waals surface area contributed by atoms with Gasteiger partial charge in [0, 0.05) is 12.6 Å². The number of amides is 2. The van der Waals surface area contributed by atoms with E-state index in [1.807, 2.05) is 13.0 Å². The highest BCUT2D eigenvalue weighted by molar-refractivity contribution is 7.89. The molecule has 0 bridgehead atoms. The molecule has 0 aliphatic carbocycles. The molecule has 1 heterocycles. The van der Waals surface area contributed by atoms with Gasteiger partial charge in [-0.05, 0) is 51.3 Å². The van der Waals surface area contributed by atoms with Crippen LogP contribution in [0.15, 0.2) is 23.1 Å². The van der Waals surface area contributed by atoms with Gasteiger partial charge in [-0.3, -0.25) is 9.59 Å². The third-order valence-electron chi connectivity index (χ3n) is 4.15. The van der Waals surface area contributed by atoms with E-state index in [0.717, 1.165) is 5.56 Å². The van der Waals surface area contributed by atoms with Crippen LogP contribution in [0.4, 0.5) is 0 Å². The summed E-state index contributed by atoms with van der Waals surface area (Å²) < 4.78 is 33.1. The Morgan fingerprint density at radius 2 is 1.96 bits per heavy atom. The number of hydrogen-bond acceptors (Lipinski definition) is 5. The number of sulfonamides is 1. The van der Waals surface area contributed by atoms with Crippen molar-refractivity contribution in [1.82, 2.24) is 14.9 Å². The lowest BCUT2D eigenvalue weighted by Gasteiger charge is -2.35. The molecule has 0 spiro atoms. The number of aryl methyl sites for hydroxylation is 2. The Labute approximate surface area is 160 Å². The van der Waals surface area contributed by atoms with Crippen LogP contribution in [-0.2, 0) is 24.3 Å². The molecule has 1 aliphatic rings. The molecular weight excluding hydrogens is 370 g/mol. The van der Waals surface area contributed by atoms with Crippen molar-refractivity contribution in [3.8, 4) is 0 Å². The van der Waals surface area contributed by atoms with Gasteiger partial charge in [0.1, 0.15) is 6.23 Å². The highest BCUT2D eigenvalue weighted by Crippen LogP contribution is 2.25. The molecule has 0 saturated carbocycles. The summed E-state index contributed by atoms with van der Waals surface area (Å²) in [6.45, 7) is 7.63. The van der Waals surface area contributed by atoms with Crippen molar-refractivity contribution in [2.45, 2.75) is 51.3 Å². The number of hydrogen-bond donors (Lipinski definition) is 2. The van der Waals surface area contributed by atoms with Gasteiger partial charge < -0.3 is 15.4 Å². The number of nitrogens with zero attached hydrogens (tertiary/aromatic N) is 1. The number of benzene rings is 1. The smallest absolute Gasteiger partial charge is 0.309 e. The maximum atomic E-state index is 13.1. The molecule has 1 unspecified atom stereocenters. The standard InChI is InChI=1S/C18H27N3O5S/c1-12(2)20-18(23)17(22)19-11-16-21(8-5-9-26-16)27(24,25)15-10-13(3)6-7-14(15)4/h6-7,10,12,16H,5,8-9,11H2,1-4H3,(H,19,22)(H,20,23). The molecule has 8 nitrogen and oxygen atoms in total. The van der Waals surface area contributed by atoms with E-state index in [9.17, 15) is 18.0 Å². The first-order valence-corrected chi connectivity index (χ1v) is 10.4. The molecule has 9 heteroatoms. The van der Waals surface area contributed by atoms with Crippen LogP contribution in [0.1, 0.15) is 31.4 Å². The van der Waals surface area contributed by atoms with Crippen LogP contribution in [0.2, 0.25) is 0 Å². The molecular formula is C18H27N3O5S. The van der Waals surface area contributed by atoms with E-state index in [-0.39, 0.29) is 24.0 Å². The first-order valence-electron chi connectivity index (χ1n) is 8.92. The number of ether oxygens (including phenoxy) is 1. The van der Waals surface area contributed by atoms with Crippen molar-refractivity contribution in [1.29, 1.82) is 0 Å². The fourth-order valence-electron chi connectivity index (χ4n) is 2.80. The minimum Gasteiger partial charge on any atom is -0.360 e. The quantitative estimate of drug-likeness (QED) is 0.711. The highest BCUT2D eigenvalue weighted by Gasteiger charge is 2.35. The fraction of sp³-hybridized carbons (Fsp3) is 0.556. The van der Waals surface area contributed by atoms with Gasteiger partial charge >= 0.3 is 11.8 Å². The van der Waals surface area contributed by atoms with Crippen LogP contribution in [0.5, 0.6) is 0 Å². The van der Waals surface area contributed by atoms with Crippen molar-refractivity contribution in [3.05, 3.63) is 29.3 Å². The lowest BCUT2D eigenvalue weighted by atomic mass is 10.2. The lowest BCUT2D eigenvalue weighted by Crippen LogP contribution is -2.53. The van der Waals surface area contributed by atoms with Crippen LogP contribution in [0.25, 0.3) is 0 Å². The lowest BCUT2D eigenvalue weighted by molar-refractivity contribution is -0.140. The fourth-order valence-corrected chi connectivity index (χ4v) is 4.68. The molecule has 1 aromatic rings. The zero-order valence-electron chi connectivity index (χ0n) is 16.1. The van der Waals surface area contributed by atoms with Gasteiger partial charge in [-0.2, -0.15) is 4.31 Å². The van der Waals surface area contributed by atoms with E-state index in [1.54, 1.807) is 32.9 Å². The van der Waals surface area contributed by atoms with Crippen molar-refractivity contribution in [2.24, 2.45) is 0 Å². The van der Waals surface area contributed by atoms with Crippen LogP contribution >= 0.6 is 0 Å². The predicted molar refractivity (Wildman–Crippen MR) is 100 cm³/mol. The van der Waals surface area contributed by atoms with E-state index in [0.29, 0.717) is 18.6 Å². The van der Waals surface area contributed by atoms with Gasteiger partial charge in [0.15, 0.2) is 0 Å². The minimum absolute atomic E-state index is 0.103. The van der Waals surface area contributed by atoms with E-state index in [2.05, 4.69) is 10.6 Å². The molecule has 150 valence electrons. The SMILES string of the molecule is Cc1ccc(C)c(S(=O)(=O)N2CCCOC2CNC(=O)C(=O)NC(C)C)c1. The molecule has 1 fully saturated rings. The Balaban J connectivity index is 2.16.